The first kappa shape index (κ1) is 20.3. The molecule has 0 unspecified atom stereocenters. The summed E-state index contributed by atoms with van der Waals surface area (Å²) in [4.78, 5) is 39.2. The molecule has 0 saturated carbocycles. The lowest BCUT2D eigenvalue weighted by Gasteiger charge is -2.17. The lowest BCUT2D eigenvalue weighted by Crippen LogP contribution is -2.34. The summed E-state index contributed by atoms with van der Waals surface area (Å²) < 4.78 is 6.37. The number of aromatic nitrogens is 2. The molecule has 0 bridgehead atoms. The molecule has 2 aromatic carbocycles. The van der Waals surface area contributed by atoms with Gasteiger partial charge >= 0.3 is 0 Å². The maximum Gasteiger partial charge on any atom is 0.278 e. The highest BCUT2D eigenvalue weighted by molar-refractivity contribution is 6.06. The van der Waals surface area contributed by atoms with Crippen LogP contribution in [0.4, 0.5) is 11.4 Å². The van der Waals surface area contributed by atoms with Crippen LogP contribution in [0.25, 0.3) is 0 Å². The average Bonchev–Trinajstić information content (AvgIpc) is 3.20. The maximum absolute atomic E-state index is 13.0. The Labute approximate surface area is 179 Å². The van der Waals surface area contributed by atoms with Gasteiger partial charge in [-0.25, -0.2) is 4.68 Å². The van der Waals surface area contributed by atoms with Crippen LogP contribution >= 0.6 is 0 Å². The second kappa shape index (κ2) is 8.83. The number of hydrogen-bond donors (Lipinski definition) is 1. The zero-order valence-corrected chi connectivity index (χ0v) is 17.1. The van der Waals surface area contributed by atoms with Crippen LogP contribution in [0, 0.1) is 0 Å². The molecule has 0 spiro atoms. The number of nitrogens with zero attached hydrogens (tertiary/aromatic N) is 3. The van der Waals surface area contributed by atoms with Gasteiger partial charge in [-0.2, -0.15) is 5.10 Å². The van der Waals surface area contributed by atoms with Crippen molar-refractivity contribution in [1.29, 1.82) is 0 Å². The third kappa shape index (κ3) is 4.48. The molecule has 0 atom stereocenters. The molecule has 1 N–H and O–H groups in total. The third-order valence-electron chi connectivity index (χ3n) is 4.96. The van der Waals surface area contributed by atoms with E-state index in [1.54, 1.807) is 29.2 Å². The SMILES string of the molecule is CCOc1ccc(NC(=O)Cn2nc(C(=O)N3CCc4ccccc43)ccc2=O)cc1. The highest BCUT2D eigenvalue weighted by atomic mass is 16.5. The van der Waals surface area contributed by atoms with E-state index in [1.807, 2.05) is 31.2 Å². The number of fused-ring (bicyclic) bond motifs is 1. The summed E-state index contributed by atoms with van der Waals surface area (Å²) in [5.41, 5.74) is 2.17. The highest BCUT2D eigenvalue weighted by Crippen LogP contribution is 2.28. The van der Waals surface area contributed by atoms with Crippen LogP contribution in [-0.2, 0) is 17.8 Å². The van der Waals surface area contributed by atoms with Gasteiger partial charge in [0.25, 0.3) is 11.5 Å². The molecule has 0 radical (unpaired) electrons. The molecule has 31 heavy (non-hydrogen) atoms. The molecule has 158 valence electrons. The molecule has 4 rings (SSSR count). The minimum atomic E-state index is -0.458. The first-order valence-electron chi connectivity index (χ1n) is 10.1. The van der Waals surface area contributed by atoms with Gasteiger partial charge in [-0.15, -0.1) is 0 Å². The van der Waals surface area contributed by atoms with Crippen molar-refractivity contribution in [3.05, 3.63) is 82.3 Å². The van der Waals surface area contributed by atoms with Crippen LogP contribution in [0.2, 0.25) is 0 Å². The van der Waals surface area contributed by atoms with Crippen molar-refractivity contribution in [2.24, 2.45) is 0 Å². The molecule has 1 aliphatic heterocycles. The molecule has 8 heteroatoms. The van der Waals surface area contributed by atoms with Gasteiger partial charge < -0.3 is 15.0 Å². The van der Waals surface area contributed by atoms with Crippen LogP contribution in [0.15, 0.2) is 65.5 Å². The molecule has 0 fully saturated rings. The maximum atomic E-state index is 13.0. The van der Waals surface area contributed by atoms with Crippen LogP contribution in [0.3, 0.4) is 0 Å². The topological polar surface area (TPSA) is 93.5 Å². The van der Waals surface area contributed by atoms with E-state index < -0.39 is 11.5 Å². The summed E-state index contributed by atoms with van der Waals surface area (Å²) in [5.74, 6) is -0.0198. The number of carbonyl (C=O) groups is 2. The molecular formula is C23H22N4O4. The van der Waals surface area contributed by atoms with Crippen molar-refractivity contribution in [3.8, 4) is 5.75 Å². The predicted molar refractivity (Wildman–Crippen MR) is 117 cm³/mol. The van der Waals surface area contributed by atoms with Crippen molar-refractivity contribution in [2.45, 2.75) is 19.9 Å². The van der Waals surface area contributed by atoms with Gasteiger partial charge in [-0.1, -0.05) is 18.2 Å². The van der Waals surface area contributed by atoms with E-state index in [9.17, 15) is 14.4 Å². The van der Waals surface area contributed by atoms with Crippen molar-refractivity contribution in [1.82, 2.24) is 9.78 Å². The Morgan fingerprint density at radius 2 is 1.84 bits per heavy atom. The summed E-state index contributed by atoms with van der Waals surface area (Å²) in [6.45, 7) is 2.70. The van der Waals surface area contributed by atoms with Crippen LogP contribution in [0.1, 0.15) is 23.0 Å². The monoisotopic (exact) mass is 418 g/mol. The fourth-order valence-corrected chi connectivity index (χ4v) is 3.50. The molecule has 1 aromatic heterocycles. The van der Waals surface area contributed by atoms with Gasteiger partial charge in [0.15, 0.2) is 0 Å². The number of anilines is 2. The number of amides is 2. The Morgan fingerprint density at radius 3 is 2.61 bits per heavy atom. The standard InChI is InChI=1S/C23H22N4O4/c1-2-31-18-9-7-17(8-10-18)24-21(28)15-27-22(29)12-11-19(25-27)23(30)26-14-13-16-5-3-4-6-20(16)26/h3-12H,2,13-15H2,1H3,(H,24,28). The summed E-state index contributed by atoms with van der Waals surface area (Å²) in [6.07, 6.45) is 0.770. The van der Waals surface area contributed by atoms with Gasteiger partial charge in [0, 0.05) is 24.0 Å². The molecule has 8 nitrogen and oxygen atoms in total. The number of nitrogens with one attached hydrogen (secondary N) is 1. The van der Waals surface area contributed by atoms with Crippen molar-refractivity contribution >= 4 is 23.2 Å². The second-order valence-corrected chi connectivity index (χ2v) is 7.06. The minimum Gasteiger partial charge on any atom is -0.494 e. The van der Waals surface area contributed by atoms with Crippen LogP contribution in [-0.4, -0.2) is 34.7 Å². The lowest BCUT2D eigenvalue weighted by atomic mass is 10.2. The van der Waals surface area contributed by atoms with Crippen molar-refractivity contribution in [3.63, 3.8) is 0 Å². The van der Waals surface area contributed by atoms with E-state index in [-0.39, 0.29) is 18.1 Å². The Bertz CT molecular complexity index is 1170. The zero-order valence-electron chi connectivity index (χ0n) is 17.1. The van der Waals surface area contributed by atoms with Crippen molar-refractivity contribution < 1.29 is 14.3 Å². The van der Waals surface area contributed by atoms with E-state index in [1.165, 1.54) is 12.1 Å². The summed E-state index contributed by atoms with van der Waals surface area (Å²) >= 11 is 0. The summed E-state index contributed by atoms with van der Waals surface area (Å²) in [7, 11) is 0. The number of ether oxygens (including phenoxy) is 1. The Morgan fingerprint density at radius 1 is 1.06 bits per heavy atom. The third-order valence-corrected chi connectivity index (χ3v) is 4.96. The Kier molecular flexibility index (Phi) is 5.79. The van der Waals surface area contributed by atoms with Crippen LogP contribution < -0.4 is 20.5 Å². The van der Waals surface area contributed by atoms with E-state index in [0.717, 1.165) is 22.4 Å². The number of benzene rings is 2. The Hall–Kier alpha value is -3.94. The molecule has 2 amide bonds. The fourth-order valence-electron chi connectivity index (χ4n) is 3.50. The molecular weight excluding hydrogens is 396 g/mol. The molecule has 0 aliphatic carbocycles. The molecule has 2 heterocycles. The normalized spacial score (nSPS) is 12.4. The molecule has 3 aromatic rings. The second-order valence-electron chi connectivity index (χ2n) is 7.06. The average molecular weight is 418 g/mol. The van der Waals surface area contributed by atoms with E-state index >= 15 is 0 Å². The highest BCUT2D eigenvalue weighted by Gasteiger charge is 2.26. The zero-order chi connectivity index (χ0) is 21.8. The van der Waals surface area contributed by atoms with Crippen molar-refractivity contribution in [2.75, 3.05) is 23.4 Å². The minimum absolute atomic E-state index is 0.116. The molecule has 0 saturated heterocycles. The first-order valence-corrected chi connectivity index (χ1v) is 10.1. The number of para-hydroxylation sites is 1. The van der Waals surface area contributed by atoms with E-state index in [2.05, 4.69) is 10.4 Å². The quantitative estimate of drug-likeness (QED) is 0.664. The van der Waals surface area contributed by atoms with E-state index in [4.69, 9.17) is 4.74 Å². The van der Waals surface area contributed by atoms with Gasteiger partial charge in [0.1, 0.15) is 18.0 Å². The number of rotatable bonds is 6. The molecule has 1 aliphatic rings. The van der Waals surface area contributed by atoms with Gasteiger partial charge in [0.2, 0.25) is 5.91 Å². The summed E-state index contributed by atoms with van der Waals surface area (Å²) in [5, 5.41) is 6.86. The van der Waals surface area contributed by atoms with Gasteiger partial charge in [-0.3, -0.25) is 14.4 Å². The fraction of sp³-hybridized carbons (Fsp3) is 0.217. The smallest absolute Gasteiger partial charge is 0.278 e. The number of carbonyl (C=O) groups excluding carboxylic acids is 2. The first-order chi connectivity index (χ1) is 15.0. The Balaban J connectivity index is 1.47. The number of hydrogen-bond acceptors (Lipinski definition) is 5. The largest absolute Gasteiger partial charge is 0.494 e. The van der Waals surface area contributed by atoms with Crippen LogP contribution in [0.5, 0.6) is 5.75 Å². The van der Waals surface area contributed by atoms with E-state index in [0.29, 0.717) is 24.6 Å². The summed E-state index contributed by atoms with van der Waals surface area (Å²) in [6, 6.07) is 17.3. The van der Waals surface area contributed by atoms with Gasteiger partial charge in [0.05, 0.1) is 6.61 Å². The van der Waals surface area contributed by atoms with Gasteiger partial charge in [-0.05, 0) is 55.3 Å². The predicted octanol–water partition coefficient (Wildman–Crippen LogP) is 2.48. The lowest BCUT2D eigenvalue weighted by molar-refractivity contribution is -0.117.